The van der Waals surface area contributed by atoms with Crippen LogP contribution < -0.4 is 10.6 Å². The molecule has 0 aromatic heterocycles. The molecule has 1 aromatic carbocycles. The van der Waals surface area contributed by atoms with Crippen LogP contribution in [0, 0.1) is 0 Å². The van der Waals surface area contributed by atoms with Crippen molar-refractivity contribution in [2.75, 3.05) is 32.7 Å². The minimum Gasteiger partial charge on any atom is -0.358 e. The Morgan fingerprint density at radius 2 is 1.75 bits per heavy atom. The number of nitrogens with one attached hydrogen (secondary N) is 2. The first-order valence-corrected chi connectivity index (χ1v) is 8.84. The lowest BCUT2D eigenvalue weighted by atomic mass is 10.1. The maximum Gasteiger partial charge on any atom is 0.234 e. The average Bonchev–Trinajstić information content (AvgIpc) is 2.52. The molecular formula is C18H28N4OS. The van der Waals surface area contributed by atoms with Crippen LogP contribution in [0.5, 0.6) is 0 Å². The molecule has 0 unspecified atom stereocenters. The maximum absolute atomic E-state index is 12.0. The molecule has 0 bridgehead atoms. The predicted octanol–water partition coefficient (Wildman–Crippen LogP) is 1.59. The lowest BCUT2D eigenvalue weighted by Gasteiger charge is -2.36. The number of hydrogen-bond donors (Lipinski definition) is 2. The molecule has 0 aliphatic carbocycles. The topological polar surface area (TPSA) is 47.6 Å². The zero-order chi connectivity index (χ0) is 17.6. The average molecular weight is 349 g/mol. The van der Waals surface area contributed by atoms with Gasteiger partial charge in [0.2, 0.25) is 5.91 Å². The highest BCUT2D eigenvalue weighted by Gasteiger charge is 2.22. The fraction of sp³-hybridized carbons (Fsp3) is 0.556. The van der Waals surface area contributed by atoms with Crippen LogP contribution >= 0.6 is 12.2 Å². The molecular weight excluding hydrogens is 320 g/mol. The third kappa shape index (κ3) is 6.45. The molecule has 132 valence electrons. The molecule has 5 nitrogen and oxygen atoms in total. The minimum absolute atomic E-state index is 0.0840. The van der Waals surface area contributed by atoms with Crippen LogP contribution in [-0.2, 0) is 11.3 Å². The molecule has 24 heavy (non-hydrogen) atoms. The molecule has 1 amide bonds. The van der Waals surface area contributed by atoms with E-state index in [1.54, 1.807) is 0 Å². The Labute approximate surface area is 150 Å². The van der Waals surface area contributed by atoms with Gasteiger partial charge in [0.05, 0.1) is 6.54 Å². The van der Waals surface area contributed by atoms with Crippen LogP contribution in [0.2, 0.25) is 0 Å². The Kier molecular flexibility index (Phi) is 6.57. The van der Waals surface area contributed by atoms with E-state index in [1.807, 2.05) is 39.0 Å². The van der Waals surface area contributed by atoms with E-state index in [2.05, 4.69) is 32.6 Å². The standard InChI is InChI=1S/C18H28N4OS/c1-18(2,3)20-16(23)14-21-9-11-22(12-10-21)17(24)19-13-15-7-5-4-6-8-15/h4-8H,9-14H2,1-3H3,(H,19,24)(H,20,23). The van der Waals surface area contributed by atoms with E-state index in [0.29, 0.717) is 6.54 Å². The van der Waals surface area contributed by atoms with Crippen molar-refractivity contribution in [2.45, 2.75) is 32.9 Å². The van der Waals surface area contributed by atoms with Crippen molar-refractivity contribution in [1.82, 2.24) is 20.4 Å². The van der Waals surface area contributed by atoms with Crippen molar-refractivity contribution >= 4 is 23.2 Å². The summed E-state index contributed by atoms with van der Waals surface area (Å²) in [7, 11) is 0. The lowest BCUT2D eigenvalue weighted by molar-refractivity contribution is -0.123. The first-order valence-electron chi connectivity index (χ1n) is 8.43. The molecule has 1 saturated heterocycles. The van der Waals surface area contributed by atoms with Gasteiger partial charge < -0.3 is 15.5 Å². The second-order valence-electron chi connectivity index (χ2n) is 7.21. The summed E-state index contributed by atoms with van der Waals surface area (Å²) in [5, 5.41) is 7.11. The van der Waals surface area contributed by atoms with Crippen molar-refractivity contribution in [2.24, 2.45) is 0 Å². The third-order valence-corrected chi connectivity index (χ3v) is 4.23. The van der Waals surface area contributed by atoms with E-state index < -0.39 is 0 Å². The van der Waals surface area contributed by atoms with Gasteiger partial charge in [-0.3, -0.25) is 9.69 Å². The van der Waals surface area contributed by atoms with Crippen LogP contribution in [0.15, 0.2) is 30.3 Å². The fourth-order valence-corrected chi connectivity index (χ4v) is 2.91. The highest BCUT2D eigenvalue weighted by atomic mass is 32.1. The highest BCUT2D eigenvalue weighted by Crippen LogP contribution is 2.05. The molecule has 0 saturated carbocycles. The minimum atomic E-state index is -0.179. The quantitative estimate of drug-likeness (QED) is 0.810. The number of hydrogen-bond acceptors (Lipinski definition) is 3. The van der Waals surface area contributed by atoms with Gasteiger partial charge >= 0.3 is 0 Å². The molecule has 1 aromatic rings. The van der Waals surface area contributed by atoms with Gasteiger partial charge in [-0.25, -0.2) is 0 Å². The SMILES string of the molecule is CC(C)(C)NC(=O)CN1CCN(C(=S)NCc2ccccc2)CC1. The Hall–Kier alpha value is -1.66. The summed E-state index contributed by atoms with van der Waals surface area (Å²) in [5.41, 5.74) is 1.04. The van der Waals surface area contributed by atoms with Gasteiger partial charge in [-0.2, -0.15) is 0 Å². The van der Waals surface area contributed by atoms with E-state index in [0.717, 1.165) is 37.8 Å². The van der Waals surface area contributed by atoms with Gasteiger partial charge in [0, 0.05) is 38.3 Å². The summed E-state index contributed by atoms with van der Waals surface area (Å²) in [6.07, 6.45) is 0. The van der Waals surface area contributed by atoms with E-state index in [4.69, 9.17) is 12.2 Å². The van der Waals surface area contributed by atoms with Crippen LogP contribution in [-0.4, -0.2) is 59.1 Å². The number of carbonyl (C=O) groups excluding carboxylic acids is 1. The van der Waals surface area contributed by atoms with Crippen molar-refractivity contribution < 1.29 is 4.79 Å². The van der Waals surface area contributed by atoms with Crippen LogP contribution in [0.1, 0.15) is 26.3 Å². The first kappa shape index (κ1) is 18.7. The molecule has 0 atom stereocenters. The van der Waals surface area contributed by atoms with Crippen molar-refractivity contribution in [3.05, 3.63) is 35.9 Å². The summed E-state index contributed by atoms with van der Waals surface area (Å²) >= 11 is 5.49. The number of piperazine rings is 1. The second-order valence-corrected chi connectivity index (χ2v) is 7.59. The van der Waals surface area contributed by atoms with Crippen LogP contribution in [0.3, 0.4) is 0 Å². The number of carbonyl (C=O) groups is 1. The molecule has 2 N–H and O–H groups in total. The molecule has 1 aliphatic heterocycles. The van der Waals surface area contributed by atoms with E-state index in [9.17, 15) is 4.79 Å². The van der Waals surface area contributed by atoms with Crippen molar-refractivity contribution in [3.63, 3.8) is 0 Å². The summed E-state index contributed by atoms with van der Waals surface area (Å²) in [6, 6.07) is 10.2. The molecule has 1 aliphatic rings. The number of rotatable bonds is 4. The second kappa shape index (κ2) is 8.44. The van der Waals surface area contributed by atoms with E-state index in [1.165, 1.54) is 5.56 Å². The molecule has 1 fully saturated rings. The summed E-state index contributed by atoms with van der Waals surface area (Å²) in [5.74, 6) is 0.0840. The Balaban J connectivity index is 1.70. The van der Waals surface area contributed by atoms with E-state index in [-0.39, 0.29) is 11.4 Å². The van der Waals surface area contributed by atoms with E-state index >= 15 is 0 Å². The Morgan fingerprint density at radius 1 is 1.12 bits per heavy atom. The normalized spacial score (nSPS) is 15.9. The van der Waals surface area contributed by atoms with Crippen molar-refractivity contribution in [1.29, 1.82) is 0 Å². The molecule has 0 radical (unpaired) electrons. The maximum atomic E-state index is 12.0. The first-order chi connectivity index (χ1) is 11.3. The monoisotopic (exact) mass is 348 g/mol. The van der Waals surface area contributed by atoms with Gasteiger partial charge in [0.25, 0.3) is 0 Å². The van der Waals surface area contributed by atoms with Gasteiger partial charge in [-0.15, -0.1) is 0 Å². The number of nitrogens with zero attached hydrogens (tertiary/aromatic N) is 2. The summed E-state index contributed by atoms with van der Waals surface area (Å²) in [6.45, 7) is 10.6. The number of amides is 1. The van der Waals surface area contributed by atoms with Crippen molar-refractivity contribution in [3.8, 4) is 0 Å². The van der Waals surface area contributed by atoms with Gasteiger partial charge in [-0.1, -0.05) is 30.3 Å². The van der Waals surface area contributed by atoms with Gasteiger partial charge in [0.15, 0.2) is 5.11 Å². The lowest BCUT2D eigenvalue weighted by Crippen LogP contribution is -2.54. The smallest absolute Gasteiger partial charge is 0.234 e. The zero-order valence-electron chi connectivity index (χ0n) is 14.8. The number of thiocarbonyl (C=S) groups is 1. The molecule has 1 heterocycles. The Morgan fingerprint density at radius 3 is 2.33 bits per heavy atom. The molecule has 6 heteroatoms. The van der Waals surface area contributed by atoms with Crippen LogP contribution in [0.4, 0.5) is 0 Å². The highest BCUT2D eigenvalue weighted by molar-refractivity contribution is 7.80. The predicted molar refractivity (Wildman–Crippen MR) is 102 cm³/mol. The van der Waals surface area contributed by atoms with Crippen LogP contribution in [0.25, 0.3) is 0 Å². The molecule has 2 rings (SSSR count). The Bertz CT molecular complexity index is 548. The molecule has 0 spiro atoms. The van der Waals surface area contributed by atoms with Gasteiger partial charge in [-0.05, 0) is 38.6 Å². The largest absolute Gasteiger partial charge is 0.358 e. The summed E-state index contributed by atoms with van der Waals surface area (Å²) in [4.78, 5) is 16.4. The fourth-order valence-electron chi connectivity index (χ4n) is 2.66. The zero-order valence-corrected chi connectivity index (χ0v) is 15.7. The summed E-state index contributed by atoms with van der Waals surface area (Å²) < 4.78 is 0. The third-order valence-electron chi connectivity index (χ3n) is 3.83. The number of benzene rings is 1. The van der Waals surface area contributed by atoms with Gasteiger partial charge in [0.1, 0.15) is 0 Å².